The van der Waals surface area contributed by atoms with Crippen molar-refractivity contribution in [3.8, 4) is 27.9 Å². The fourth-order valence-corrected chi connectivity index (χ4v) is 7.96. The molecule has 210 valence electrons. The summed E-state index contributed by atoms with van der Waals surface area (Å²) in [6, 6.07) is 41.4. The van der Waals surface area contributed by atoms with Gasteiger partial charge in [-0.25, -0.2) is 0 Å². The van der Waals surface area contributed by atoms with Crippen molar-refractivity contribution in [2.75, 3.05) is 0 Å². The van der Waals surface area contributed by atoms with Crippen LogP contribution in [0.15, 0.2) is 144 Å². The highest BCUT2D eigenvalue weighted by Gasteiger charge is 2.16. The fourth-order valence-electron chi connectivity index (χ4n) is 6.88. The van der Waals surface area contributed by atoms with Crippen LogP contribution < -0.4 is 0 Å². The molecule has 0 atom stereocenters. The summed E-state index contributed by atoms with van der Waals surface area (Å²) in [5, 5.41) is 7.15. The Morgan fingerprint density at radius 1 is 0.467 bits per heavy atom. The highest BCUT2D eigenvalue weighted by molar-refractivity contribution is 7.25. The lowest BCUT2D eigenvalue weighted by atomic mass is 9.96. The summed E-state index contributed by atoms with van der Waals surface area (Å²) in [5.41, 5.74) is 9.57. The Balaban J connectivity index is 1.26. The van der Waals surface area contributed by atoms with E-state index in [1.807, 2.05) is 48.3 Å². The van der Waals surface area contributed by atoms with Gasteiger partial charge in [-0.2, -0.15) is 0 Å². The molecule has 0 radical (unpaired) electrons. The number of thiophene rings is 1. The van der Waals surface area contributed by atoms with Gasteiger partial charge in [0.1, 0.15) is 11.2 Å². The number of hydrogen-bond donors (Lipinski definition) is 0. The Kier molecular flexibility index (Phi) is 5.12. The summed E-state index contributed by atoms with van der Waals surface area (Å²) in [4.78, 5) is 9.04. The lowest BCUT2D eigenvalue weighted by Crippen LogP contribution is -1.96. The van der Waals surface area contributed by atoms with E-state index in [1.165, 1.54) is 25.7 Å². The molecule has 0 bridgehead atoms. The van der Waals surface area contributed by atoms with E-state index in [-0.39, 0.29) is 0 Å². The third-order valence-electron chi connectivity index (χ3n) is 8.97. The molecule has 5 aromatic heterocycles. The summed E-state index contributed by atoms with van der Waals surface area (Å²) in [7, 11) is 0. The van der Waals surface area contributed by atoms with E-state index in [0.29, 0.717) is 0 Å². The molecule has 45 heavy (non-hydrogen) atoms. The Bertz CT molecular complexity index is 2600. The summed E-state index contributed by atoms with van der Waals surface area (Å²) in [5.74, 6) is 0. The zero-order valence-corrected chi connectivity index (χ0v) is 24.8. The third-order valence-corrected chi connectivity index (χ3v) is 10.1. The highest BCUT2D eigenvalue weighted by Crippen LogP contribution is 2.40. The molecule has 0 aliphatic heterocycles. The number of pyridine rings is 2. The molecule has 0 saturated heterocycles. The first kappa shape index (κ1) is 24.6. The van der Waals surface area contributed by atoms with E-state index < -0.39 is 0 Å². The summed E-state index contributed by atoms with van der Waals surface area (Å²) in [6.07, 6.45) is 7.63. The van der Waals surface area contributed by atoms with Crippen LogP contribution >= 0.6 is 11.3 Å². The van der Waals surface area contributed by atoms with Gasteiger partial charge < -0.3 is 8.98 Å². The van der Waals surface area contributed by atoms with Gasteiger partial charge in [0.2, 0.25) is 0 Å². The maximum atomic E-state index is 6.17. The van der Waals surface area contributed by atoms with Crippen LogP contribution in [-0.4, -0.2) is 14.5 Å². The van der Waals surface area contributed by atoms with Gasteiger partial charge in [-0.1, -0.05) is 48.5 Å². The molecule has 0 aliphatic carbocycles. The largest absolute Gasteiger partial charge is 0.456 e. The van der Waals surface area contributed by atoms with Gasteiger partial charge in [0.25, 0.3) is 0 Å². The first-order valence-electron chi connectivity index (χ1n) is 15.0. The monoisotopic (exact) mass is 593 g/mol. The Morgan fingerprint density at radius 2 is 1.09 bits per heavy atom. The van der Waals surface area contributed by atoms with Crippen LogP contribution in [-0.2, 0) is 0 Å². The lowest BCUT2D eigenvalue weighted by molar-refractivity contribution is 0.669. The van der Waals surface area contributed by atoms with Crippen molar-refractivity contribution in [3.05, 3.63) is 140 Å². The van der Waals surface area contributed by atoms with Crippen LogP contribution in [0.25, 0.3) is 91.9 Å². The molecular formula is C40H23N3OS. The van der Waals surface area contributed by atoms with Gasteiger partial charge in [-0.3, -0.25) is 9.97 Å². The molecule has 4 nitrogen and oxygen atoms in total. The summed E-state index contributed by atoms with van der Waals surface area (Å²) < 4.78 is 11.1. The fraction of sp³-hybridized carbons (Fsp3) is 0. The van der Waals surface area contributed by atoms with Crippen molar-refractivity contribution in [3.63, 3.8) is 0 Å². The number of aromatic nitrogens is 3. The summed E-state index contributed by atoms with van der Waals surface area (Å²) in [6.45, 7) is 0. The molecule has 5 heterocycles. The minimum atomic E-state index is 0.894. The number of fused-ring (bicyclic) bond motifs is 9. The number of hydrogen-bond acceptors (Lipinski definition) is 4. The van der Waals surface area contributed by atoms with Gasteiger partial charge in [-0.15, -0.1) is 11.3 Å². The van der Waals surface area contributed by atoms with Crippen molar-refractivity contribution < 1.29 is 4.42 Å². The number of para-hydroxylation sites is 1. The smallest absolute Gasteiger partial charge is 0.135 e. The zero-order valence-electron chi connectivity index (χ0n) is 23.9. The van der Waals surface area contributed by atoms with E-state index in [2.05, 4.69) is 118 Å². The van der Waals surface area contributed by atoms with E-state index in [1.54, 1.807) is 0 Å². The molecule has 0 fully saturated rings. The van der Waals surface area contributed by atoms with Crippen molar-refractivity contribution in [2.24, 2.45) is 0 Å². The molecule has 0 spiro atoms. The van der Waals surface area contributed by atoms with Crippen LogP contribution in [0.2, 0.25) is 0 Å². The minimum Gasteiger partial charge on any atom is -0.456 e. The molecule has 5 heteroatoms. The topological polar surface area (TPSA) is 43.9 Å². The molecule has 0 unspecified atom stereocenters. The van der Waals surface area contributed by atoms with E-state index >= 15 is 0 Å². The number of rotatable bonds is 3. The van der Waals surface area contributed by atoms with Crippen molar-refractivity contribution in [2.45, 2.75) is 0 Å². The molecule has 10 aromatic rings. The van der Waals surface area contributed by atoms with E-state index in [9.17, 15) is 0 Å². The van der Waals surface area contributed by atoms with Crippen LogP contribution in [0.3, 0.4) is 0 Å². The van der Waals surface area contributed by atoms with Crippen LogP contribution in [0.5, 0.6) is 0 Å². The molecular weight excluding hydrogens is 571 g/mol. The van der Waals surface area contributed by atoms with Gasteiger partial charge in [0, 0.05) is 59.8 Å². The number of nitrogens with zero attached hydrogens (tertiary/aromatic N) is 3. The van der Waals surface area contributed by atoms with Gasteiger partial charge in [-0.05, 0) is 89.0 Å². The quantitative estimate of drug-likeness (QED) is 0.205. The van der Waals surface area contributed by atoms with E-state index in [0.717, 1.165) is 66.1 Å². The predicted molar refractivity (Wildman–Crippen MR) is 187 cm³/mol. The SMILES string of the molecule is c1ccc2c(c1)oc1ccc(-c3cc(-c4ccc5sc6ccccc6c5c4)cc(-n4c5cnccc5c5ccncc54)c3)cc12. The van der Waals surface area contributed by atoms with E-state index in [4.69, 9.17) is 4.42 Å². The molecule has 0 saturated carbocycles. The third kappa shape index (κ3) is 3.71. The minimum absolute atomic E-state index is 0.894. The van der Waals surface area contributed by atoms with Crippen molar-refractivity contribution >= 4 is 75.3 Å². The molecule has 10 rings (SSSR count). The predicted octanol–water partition coefficient (Wildman–Crippen LogP) is 11.2. The van der Waals surface area contributed by atoms with Gasteiger partial charge in [0.15, 0.2) is 0 Å². The first-order valence-corrected chi connectivity index (χ1v) is 15.8. The standard InChI is InChI=1S/C40H23N3OS/c1-3-7-37-31(5-1)33-20-24(9-11-38(33)44-37)26-17-27(25-10-12-40-34(21-25)32-6-2-4-8-39(32)45-40)19-28(18-26)43-35-22-41-15-13-29(35)30-14-16-42-23-36(30)43/h1-23H. The molecule has 5 aromatic carbocycles. The molecule has 0 amide bonds. The number of benzene rings is 5. The van der Waals surface area contributed by atoms with Crippen LogP contribution in [0.1, 0.15) is 0 Å². The average Bonchev–Trinajstić information content (AvgIpc) is 3.77. The van der Waals surface area contributed by atoms with Crippen LogP contribution in [0.4, 0.5) is 0 Å². The Hall–Kier alpha value is -5.78. The Morgan fingerprint density at radius 3 is 1.87 bits per heavy atom. The lowest BCUT2D eigenvalue weighted by Gasteiger charge is -2.14. The number of furan rings is 1. The Labute approximate surface area is 261 Å². The maximum absolute atomic E-state index is 6.17. The maximum Gasteiger partial charge on any atom is 0.135 e. The first-order chi connectivity index (χ1) is 22.3. The van der Waals surface area contributed by atoms with Gasteiger partial charge in [0.05, 0.1) is 23.4 Å². The highest BCUT2D eigenvalue weighted by atomic mass is 32.1. The van der Waals surface area contributed by atoms with Crippen molar-refractivity contribution in [1.29, 1.82) is 0 Å². The average molecular weight is 594 g/mol. The second-order valence-electron chi connectivity index (χ2n) is 11.5. The second kappa shape index (κ2) is 9.36. The van der Waals surface area contributed by atoms with Crippen LogP contribution in [0, 0.1) is 0 Å². The molecule has 0 N–H and O–H groups in total. The second-order valence-corrected chi connectivity index (χ2v) is 12.6. The van der Waals surface area contributed by atoms with Crippen molar-refractivity contribution in [1.82, 2.24) is 14.5 Å². The summed E-state index contributed by atoms with van der Waals surface area (Å²) >= 11 is 1.85. The molecule has 0 aliphatic rings. The normalized spacial score (nSPS) is 12.0. The zero-order chi connectivity index (χ0) is 29.5. The van der Waals surface area contributed by atoms with Gasteiger partial charge >= 0.3 is 0 Å².